The molecular formula is C19H13N3O. The van der Waals surface area contributed by atoms with E-state index in [9.17, 15) is 5.11 Å². The Bertz CT molecular complexity index is 1040. The zero-order valence-electron chi connectivity index (χ0n) is 12.2. The number of pyridine rings is 1. The molecule has 4 aromatic rings. The molecule has 0 unspecified atom stereocenters. The van der Waals surface area contributed by atoms with Crippen molar-refractivity contribution in [1.29, 1.82) is 0 Å². The Hall–Kier alpha value is -3.27. The van der Waals surface area contributed by atoms with Gasteiger partial charge >= 0.3 is 0 Å². The smallest absolute Gasteiger partial charge is 0.143 e. The standard InChI is InChI=1S/C19H13N3O/c23-18-12-15-6-2-1-5-14(15)11-17(18)22-21-16-9-3-7-13-8-4-10-20-19(13)16/h1-12,23H. The van der Waals surface area contributed by atoms with Crippen LogP contribution in [-0.2, 0) is 0 Å². The van der Waals surface area contributed by atoms with Gasteiger partial charge in [0, 0.05) is 11.6 Å². The first-order chi connectivity index (χ1) is 11.3. The first-order valence-corrected chi connectivity index (χ1v) is 7.28. The van der Waals surface area contributed by atoms with Gasteiger partial charge in [-0.3, -0.25) is 4.98 Å². The summed E-state index contributed by atoms with van der Waals surface area (Å²) in [6.07, 6.45) is 1.73. The van der Waals surface area contributed by atoms with Gasteiger partial charge in [0.25, 0.3) is 0 Å². The van der Waals surface area contributed by atoms with Crippen molar-refractivity contribution in [2.75, 3.05) is 0 Å². The van der Waals surface area contributed by atoms with E-state index in [1.54, 1.807) is 12.3 Å². The molecule has 1 aromatic heterocycles. The molecule has 1 N–H and O–H groups in total. The second-order valence-corrected chi connectivity index (χ2v) is 5.24. The normalized spacial score (nSPS) is 11.5. The number of aromatic hydroxyl groups is 1. The lowest BCUT2D eigenvalue weighted by Gasteiger charge is -2.03. The van der Waals surface area contributed by atoms with Crippen LogP contribution in [0.4, 0.5) is 11.4 Å². The van der Waals surface area contributed by atoms with E-state index in [0.717, 1.165) is 21.7 Å². The number of phenolic OH excluding ortho intramolecular Hbond substituents is 1. The summed E-state index contributed by atoms with van der Waals surface area (Å²) in [4.78, 5) is 4.35. The van der Waals surface area contributed by atoms with E-state index in [1.165, 1.54) is 0 Å². The summed E-state index contributed by atoms with van der Waals surface area (Å²) in [6, 6.07) is 21.0. The SMILES string of the molecule is Oc1cc2ccccc2cc1N=Nc1cccc2cccnc12. The largest absolute Gasteiger partial charge is 0.506 e. The van der Waals surface area contributed by atoms with E-state index in [1.807, 2.05) is 60.7 Å². The van der Waals surface area contributed by atoms with Crippen LogP contribution < -0.4 is 0 Å². The Labute approximate surface area is 132 Å². The average Bonchev–Trinajstić information content (AvgIpc) is 2.60. The number of nitrogens with zero attached hydrogens (tertiary/aromatic N) is 3. The van der Waals surface area contributed by atoms with Gasteiger partial charge < -0.3 is 5.11 Å². The summed E-state index contributed by atoms with van der Waals surface area (Å²) in [7, 11) is 0. The summed E-state index contributed by atoms with van der Waals surface area (Å²) in [5.74, 6) is 0.112. The number of hydrogen-bond acceptors (Lipinski definition) is 4. The van der Waals surface area contributed by atoms with Crippen LogP contribution >= 0.6 is 0 Å². The van der Waals surface area contributed by atoms with Crippen LogP contribution in [0, 0.1) is 0 Å². The quantitative estimate of drug-likeness (QED) is 0.496. The Morgan fingerprint density at radius 3 is 2.26 bits per heavy atom. The van der Waals surface area contributed by atoms with Gasteiger partial charge in [0.15, 0.2) is 0 Å². The highest BCUT2D eigenvalue weighted by Crippen LogP contribution is 2.33. The first kappa shape index (κ1) is 13.4. The molecule has 3 aromatic carbocycles. The van der Waals surface area contributed by atoms with Crippen LogP contribution in [0.5, 0.6) is 5.75 Å². The molecule has 4 heteroatoms. The van der Waals surface area contributed by atoms with E-state index >= 15 is 0 Å². The molecule has 1 heterocycles. The summed E-state index contributed by atoms with van der Waals surface area (Å²) >= 11 is 0. The van der Waals surface area contributed by atoms with Crippen molar-refractivity contribution in [2.45, 2.75) is 0 Å². The minimum Gasteiger partial charge on any atom is -0.506 e. The molecule has 0 saturated heterocycles. The minimum absolute atomic E-state index is 0.112. The maximum Gasteiger partial charge on any atom is 0.143 e. The molecular weight excluding hydrogens is 286 g/mol. The highest BCUT2D eigenvalue weighted by molar-refractivity contribution is 5.89. The van der Waals surface area contributed by atoms with Crippen molar-refractivity contribution in [3.63, 3.8) is 0 Å². The summed E-state index contributed by atoms with van der Waals surface area (Å²) in [5.41, 5.74) is 1.91. The summed E-state index contributed by atoms with van der Waals surface area (Å²) < 4.78 is 0. The predicted molar refractivity (Wildman–Crippen MR) is 91.5 cm³/mol. The number of para-hydroxylation sites is 1. The Morgan fingerprint density at radius 1 is 0.696 bits per heavy atom. The number of aromatic nitrogens is 1. The molecule has 0 spiro atoms. The highest BCUT2D eigenvalue weighted by atomic mass is 16.3. The number of benzene rings is 3. The fourth-order valence-corrected chi connectivity index (χ4v) is 2.57. The third-order valence-corrected chi connectivity index (χ3v) is 3.72. The average molecular weight is 299 g/mol. The molecule has 0 saturated carbocycles. The lowest BCUT2D eigenvalue weighted by atomic mass is 10.1. The molecule has 0 aliphatic rings. The fourth-order valence-electron chi connectivity index (χ4n) is 2.57. The van der Waals surface area contributed by atoms with Gasteiger partial charge in [-0.15, -0.1) is 10.2 Å². The van der Waals surface area contributed by atoms with Crippen molar-refractivity contribution in [1.82, 2.24) is 4.98 Å². The molecule has 0 aliphatic heterocycles. The molecule has 0 aliphatic carbocycles. The van der Waals surface area contributed by atoms with Crippen LogP contribution in [0.2, 0.25) is 0 Å². The lowest BCUT2D eigenvalue weighted by molar-refractivity contribution is 0.477. The maximum atomic E-state index is 10.1. The molecule has 23 heavy (non-hydrogen) atoms. The van der Waals surface area contributed by atoms with Crippen LogP contribution in [0.3, 0.4) is 0 Å². The van der Waals surface area contributed by atoms with E-state index in [0.29, 0.717) is 11.4 Å². The highest BCUT2D eigenvalue weighted by Gasteiger charge is 2.04. The monoisotopic (exact) mass is 299 g/mol. The zero-order valence-corrected chi connectivity index (χ0v) is 12.2. The number of fused-ring (bicyclic) bond motifs is 2. The minimum atomic E-state index is 0.112. The molecule has 0 atom stereocenters. The van der Waals surface area contributed by atoms with E-state index in [4.69, 9.17) is 0 Å². The Kier molecular flexibility index (Phi) is 3.20. The van der Waals surface area contributed by atoms with Crippen LogP contribution in [0.25, 0.3) is 21.7 Å². The third kappa shape index (κ3) is 2.51. The zero-order chi connectivity index (χ0) is 15.6. The number of rotatable bonds is 2. The van der Waals surface area contributed by atoms with Gasteiger partial charge in [-0.2, -0.15) is 0 Å². The number of hydrogen-bond donors (Lipinski definition) is 1. The van der Waals surface area contributed by atoms with Crippen molar-refractivity contribution < 1.29 is 5.11 Å². The molecule has 0 radical (unpaired) electrons. The van der Waals surface area contributed by atoms with Crippen LogP contribution in [0.15, 0.2) is 83.2 Å². The Balaban J connectivity index is 1.80. The van der Waals surface area contributed by atoms with Crippen LogP contribution in [0.1, 0.15) is 0 Å². The number of phenols is 1. The van der Waals surface area contributed by atoms with Crippen molar-refractivity contribution in [2.24, 2.45) is 10.2 Å². The van der Waals surface area contributed by atoms with Gasteiger partial charge in [-0.1, -0.05) is 42.5 Å². The Morgan fingerprint density at radius 2 is 1.39 bits per heavy atom. The van der Waals surface area contributed by atoms with Crippen molar-refractivity contribution >= 4 is 33.1 Å². The van der Waals surface area contributed by atoms with E-state index < -0.39 is 0 Å². The molecule has 0 bridgehead atoms. The van der Waals surface area contributed by atoms with E-state index in [-0.39, 0.29) is 5.75 Å². The van der Waals surface area contributed by atoms with Gasteiger partial charge in [0.2, 0.25) is 0 Å². The topological polar surface area (TPSA) is 57.8 Å². The molecule has 0 amide bonds. The third-order valence-electron chi connectivity index (χ3n) is 3.72. The van der Waals surface area contributed by atoms with Crippen molar-refractivity contribution in [3.05, 3.63) is 72.9 Å². The maximum absolute atomic E-state index is 10.1. The van der Waals surface area contributed by atoms with Crippen molar-refractivity contribution in [3.8, 4) is 5.75 Å². The first-order valence-electron chi connectivity index (χ1n) is 7.28. The predicted octanol–water partition coefficient (Wildman–Crippen LogP) is 5.51. The second kappa shape index (κ2) is 5.50. The van der Waals surface area contributed by atoms with Crippen LogP contribution in [-0.4, -0.2) is 10.1 Å². The fraction of sp³-hybridized carbons (Fsp3) is 0. The molecule has 0 fully saturated rings. The molecule has 4 rings (SSSR count). The van der Waals surface area contributed by atoms with Gasteiger partial charge in [0.1, 0.15) is 17.1 Å². The lowest BCUT2D eigenvalue weighted by Crippen LogP contribution is -1.77. The summed E-state index contributed by atoms with van der Waals surface area (Å²) in [5, 5.41) is 21.6. The van der Waals surface area contributed by atoms with Gasteiger partial charge in [0.05, 0.1) is 5.52 Å². The summed E-state index contributed by atoms with van der Waals surface area (Å²) in [6.45, 7) is 0. The van der Waals surface area contributed by atoms with Gasteiger partial charge in [-0.05, 0) is 35.0 Å². The van der Waals surface area contributed by atoms with Gasteiger partial charge in [-0.25, -0.2) is 0 Å². The number of azo groups is 1. The molecule has 110 valence electrons. The molecule has 4 nitrogen and oxygen atoms in total. The second-order valence-electron chi connectivity index (χ2n) is 5.24. The van der Waals surface area contributed by atoms with E-state index in [2.05, 4.69) is 15.2 Å².